The molecule has 12 aromatic carbocycles. The molecular weight excluding hydrogens is 1640 g/mol. The molecule has 18 rings (SSSR count). The number of nitro groups is 2. The van der Waals surface area contributed by atoms with E-state index in [1.807, 2.05) is 255 Å². The summed E-state index contributed by atoms with van der Waals surface area (Å²) >= 11 is 10.5. The maximum absolute atomic E-state index is 11.8. The lowest BCUT2D eigenvalue weighted by molar-refractivity contribution is -0.385. The number of nitrogens with zero attached hydrogens (tertiary/aromatic N) is 6. The number of ether oxygens (including phenoxy) is 3. The van der Waals surface area contributed by atoms with Crippen LogP contribution in [0, 0.1) is 20.2 Å². The summed E-state index contributed by atoms with van der Waals surface area (Å²) in [5.41, 5.74) is 22.5. The number of para-hydroxylation sites is 4. The van der Waals surface area contributed by atoms with Gasteiger partial charge in [0.25, 0.3) is 33.7 Å². The molecule has 22 nitrogen and oxygen atoms in total. The van der Waals surface area contributed by atoms with Gasteiger partial charge >= 0.3 is 0 Å². The Kier molecular flexibility index (Phi) is 28.5. The molecular formula is C94H72BrClN10O12S2. The van der Waals surface area contributed by atoms with E-state index in [0.29, 0.717) is 25.7 Å². The zero-order valence-corrected chi connectivity index (χ0v) is 67.6. The average molecular weight is 1710 g/mol. The molecule has 6 N–H and O–H groups in total. The molecule has 16 aromatic rings. The topological polar surface area (TPSA) is 316 Å². The minimum absolute atomic E-state index is 0.0607. The number of aromatic nitrogens is 4. The number of aromatic hydroxyl groups is 1. The second-order valence-corrected chi connectivity index (χ2v) is 30.5. The normalized spacial score (nSPS) is 13.1. The molecule has 2 fully saturated rings. The number of alkyl halides is 2. The number of halogens is 2. The van der Waals surface area contributed by atoms with Gasteiger partial charge in [-0.2, -0.15) is 0 Å². The van der Waals surface area contributed by atoms with Gasteiger partial charge in [0.2, 0.25) is 0 Å². The van der Waals surface area contributed by atoms with Crippen LogP contribution in [0.4, 0.5) is 32.3 Å². The average Bonchev–Trinajstić information content (AvgIpc) is 1.63. The number of phenols is 1. The van der Waals surface area contributed by atoms with E-state index in [4.69, 9.17) is 36.7 Å². The molecule has 0 saturated carbocycles. The van der Waals surface area contributed by atoms with Crippen molar-refractivity contribution >= 4 is 140 Å². The first kappa shape index (κ1) is 83.6. The standard InChI is InChI=1S/C25H19N3O3S.C22H16N2O3.C22H18N2O.C12H9NO3.C10H8ClN.C3H2BrNO2S/c29-23-24(32-25(30)28-23)27-19-6-3-5-18(14-19)16-9-12-21(13-10-16)31-15-20-11-8-17-4-1-2-7-22(17)26-20;25-24(26)20-6-3-5-18(14-20)16-9-12-21(13-10-16)27-15-19-11-8-17-4-1-2-7-22(17)23-19;23-19-6-3-5-18(14-19)16-9-12-21(13-10-16)25-15-20-11-8-17-4-1-2-7-22(17)24-20;14-12-6-4-9(5-7-12)10-2-1-3-11(8-10)13(15)16;11-7-9-6-5-8-3-1-2-4-10(8)12-9;4-1-2(6)5-3(7)8-1/h1-14,24,27H,15H2,(H,28,29,30);1-14H,15H2;1-14H,15,23H2;1-8,14H;1-6H,7H2;1H,(H,5,6,7). The van der Waals surface area contributed by atoms with Gasteiger partial charge in [-0.15, -0.1) is 11.6 Å². The second-order valence-electron chi connectivity index (χ2n) is 26.6. The molecule has 2 atom stereocenters. The molecule has 4 aromatic heterocycles. The number of imide groups is 2. The Labute approximate surface area is 710 Å². The third-order valence-electron chi connectivity index (χ3n) is 18.2. The van der Waals surface area contributed by atoms with E-state index in [2.05, 4.69) is 70.0 Å². The highest BCUT2D eigenvalue weighted by Crippen LogP contribution is 2.32. The van der Waals surface area contributed by atoms with E-state index in [1.165, 1.54) is 18.2 Å². The van der Waals surface area contributed by atoms with Crippen LogP contribution in [0.3, 0.4) is 0 Å². The molecule has 596 valence electrons. The second kappa shape index (κ2) is 41.0. The van der Waals surface area contributed by atoms with Crippen molar-refractivity contribution in [3.8, 4) is 67.5 Å². The number of nitro benzene ring substituents is 2. The lowest BCUT2D eigenvalue weighted by Gasteiger charge is -2.12. The van der Waals surface area contributed by atoms with Gasteiger partial charge in [-0.3, -0.25) is 55.0 Å². The van der Waals surface area contributed by atoms with Crippen LogP contribution in [0.1, 0.15) is 22.8 Å². The van der Waals surface area contributed by atoms with Crippen molar-refractivity contribution in [2.45, 2.75) is 35.2 Å². The maximum Gasteiger partial charge on any atom is 0.288 e. The van der Waals surface area contributed by atoms with Gasteiger partial charge in [0.05, 0.1) is 60.6 Å². The number of benzene rings is 12. The highest BCUT2D eigenvalue weighted by molar-refractivity contribution is 9.12. The van der Waals surface area contributed by atoms with Crippen LogP contribution in [0.2, 0.25) is 0 Å². The number of hydrogen-bond acceptors (Lipinski definition) is 20. The highest BCUT2D eigenvalue weighted by atomic mass is 79.9. The van der Waals surface area contributed by atoms with Gasteiger partial charge in [-0.1, -0.05) is 210 Å². The van der Waals surface area contributed by atoms with Gasteiger partial charge < -0.3 is 30.4 Å². The molecule has 6 heterocycles. The highest BCUT2D eigenvalue weighted by Gasteiger charge is 2.32. The summed E-state index contributed by atoms with van der Waals surface area (Å²) in [5, 5.41) is 41.4. The summed E-state index contributed by atoms with van der Waals surface area (Å²) < 4.78 is 17.2. The number of carbonyl (C=O) groups excluding carboxylic acids is 4. The number of pyridine rings is 4. The van der Waals surface area contributed by atoms with Crippen LogP contribution in [-0.4, -0.2) is 66.7 Å². The molecule has 120 heavy (non-hydrogen) atoms. The Morgan fingerprint density at radius 1 is 0.392 bits per heavy atom. The molecule has 2 saturated heterocycles. The number of anilines is 2. The number of nitrogen functional groups attached to an aromatic ring is 1. The van der Waals surface area contributed by atoms with E-state index in [1.54, 1.807) is 48.5 Å². The number of thioether (sulfide) groups is 2. The van der Waals surface area contributed by atoms with E-state index >= 15 is 0 Å². The van der Waals surface area contributed by atoms with E-state index in [0.717, 1.165) is 163 Å². The van der Waals surface area contributed by atoms with Crippen LogP contribution in [0.15, 0.2) is 340 Å². The lowest BCUT2D eigenvalue weighted by Crippen LogP contribution is -2.29. The number of amides is 4. The number of non-ortho nitro benzene ring substituents is 2. The summed E-state index contributed by atoms with van der Waals surface area (Å²) in [6, 6.07) is 107. The first-order chi connectivity index (χ1) is 58.4. The minimum Gasteiger partial charge on any atom is -0.508 e. The summed E-state index contributed by atoms with van der Waals surface area (Å²) in [7, 11) is 0. The number of nitrogens with one attached hydrogen (secondary N) is 3. The van der Waals surface area contributed by atoms with Crippen LogP contribution < -0.4 is 35.9 Å². The minimum atomic E-state index is -0.614. The predicted octanol–water partition coefficient (Wildman–Crippen LogP) is 22.3. The van der Waals surface area contributed by atoms with Gasteiger partial charge in [-0.25, -0.2) is 15.0 Å². The molecule has 2 aliphatic heterocycles. The lowest BCUT2D eigenvalue weighted by atomic mass is 10.0. The molecule has 0 radical (unpaired) electrons. The van der Waals surface area contributed by atoms with Crippen molar-refractivity contribution in [2.24, 2.45) is 0 Å². The van der Waals surface area contributed by atoms with E-state index in [-0.39, 0.29) is 43.6 Å². The Morgan fingerprint density at radius 2 is 0.733 bits per heavy atom. The van der Waals surface area contributed by atoms with Crippen molar-refractivity contribution < 1.29 is 48.3 Å². The number of hydrogen-bond donors (Lipinski definition) is 5. The van der Waals surface area contributed by atoms with Gasteiger partial charge in [0.15, 0.2) is 5.37 Å². The van der Waals surface area contributed by atoms with Gasteiger partial charge in [-0.05, 0) is 189 Å². The third kappa shape index (κ3) is 23.7. The van der Waals surface area contributed by atoms with Crippen molar-refractivity contribution in [2.75, 3.05) is 11.1 Å². The van der Waals surface area contributed by atoms with Gasteiger partial charge in [0, 0.05) is 57.2 Å². The number of carbonyl (C=O) groups is 4. The van der Waals surface area contributed by atoms with Crippen LogP contribution in [-0.2, 0) is 35.3 Å². The molecule has 2 aliphatic rings. The smallest absolute Gasteiger partial charge is 0.288 e. The summed E-state index contributed by atoms with van der Waals surface area (Å²) in [5.74, 6) is 2.37. The van der Waals surface area contributed by atoms with Crippen molar-refractivity contribution in [1.82, 2.24) is 30.6 Å². The zero-order chi connectivity index (χ0) is 83.7. The zero-order valence-electron chi connectivity index (χ0n) is 63.6. The molecule has 4 amide bonds. The summed E-state index contributed by atoms with van der Waals surface area (Å²) in [6.45, 7) is 1.22. The Bertz CT molecular complexity index is 6340. The summed E-state index contributed by atoms with van der Waals surface area (Å²) in [6.07, 6.45) is 0. The van der Waals surface area contributed by atoms with Crippen LogP contribution in [0.25, 0.3) is 88.1 Å². The molecule has 0 spiro atoms. The number of nitrogens with two attached hydrogens (primary N) is 1. The fourth-order valence-electron chi connectivity index (χ4n) is 12.1. The number of phenolic OH excluding ortho intramolecular Hbond substituents is 1. The molecule has 2 unspecified atom stereocenters. The molecule has 26 heteroatoms. The van der Waals surface area contributed by atoms with Crippen LogP contribution in [0.5, 0.6) is 23.0 Å². The monoisotopic (exact) mass is 1710 g/mol. The fraction of sp³-hybridized carbons (Fsp3) is 0.0638. The number of rotatable bonds is 18. The Balaban J connectivity index is 0.000000130. The fourth-order valence-corrected chi connectivity index (χ4v) is 14.2. The molecule has 0 bridgehead atoms. The third-order valence-corrected chi connectivity index (χ3v) is 21.0. The largest absolute Gasteiger partial charge is 0.508 e. The van der Waals surface area contributed by atoms with Crippen molar-refractivity contribution in [3.63, 3.8) is 0 Å². The first-order valence-corrected chi connectivity index (χ1v) is 40.4. The van der Waals surface area contributed by atoms with E-state index in [9.17, 15) is 39.4 Å². The first-order valence-electron chi connectivity index (χ1n) is 37.2. The Morgan fingerprint density at radius 3 is 1.08 bits per heavy atom. The van der Waals surface area contributed by atoms with Crippen molar-refractivity contribution in [3.05, 3.63) is 383 Å². The SMILES string of the molecule is ClCc1ccc2ccccc2n1.Nc1cccc(-c2ccc(OCc3ccc4ccccc4n3)cc2)c1.O=C1NC(=O)C(Br)S1.O=C1NC(=O)C(Nc2cccc(-c3ccc(OCc4ccc5ccccc5n4)cc3)c2)S1.O=[N+]([O-])c1cccc(-c2ccc(O)cc2)c1.O=[N+]([O-])c1cccc(-c2ccc(OCc3ccc4ccccc4n3)cc2)c1. The quantitative estimate of drug-likeness (QED) is 0.0231. The Hall–Kier alpha value is -14.4. The van der Waals surface area contributed by atoms with Gasteiger partial charge in [0.1, 0.15) is 47.0 Å². The van der Waals surface area contributed by atoms with Crippen molar-refractivity contribution in [1.29, 1.82) is 0 Å². The molecule has 0 aliphatic carbocycles. The van der Waals surface area contributed by atoms with Crippen LogP contribution >= 0.6 is 51.1 Å². The maximum atomic E-state index is 11.8. The predicted molar refractivity (Wildman–Crippen MR) is 479 cm³/mol. The van der Waals surface area contributed by atoms with E-state index < -0.39 is 15.2 Å². The number of fused-ring (bicyclic) bond motifs is 4. The summed E-state index contributed by atoms with van der Waals surface area (Å²) in [4.78, 5) is 82.7.